The Morgan fingerprint density at radius 1 is 1.47 bits per heavy atom. The summed E-state index contributed by atoms with van der Waals surface area (Å²) in [4.78, 5) is 0. The van der Waals surface area contributed by atoms with Gasteiger partial charge in [-0.2, -0.15) is 17.0 Å². The maximum atomic E-state index is 12.2. The highest BCUT2D eigenvalue weighted by Gasteiger charge is 2.31. The van der Waals surface area contributed by atoms with Crippen LogP contribution in [0.3, 0.4) is 0 Å². The van der Waals surface area contributed by atoms with E-state index in [2.05, 4.69) is 5.92 Å². The van der Waals surface area contributed by atoms with Crippen LogP contribution in [0.1, 0.15) is 19.8 Å². The van der Waals surface area contributed by atoms with E-state index in [1.54, 1.807) is 6.92 Å². The van der Waals surface area contributed by atoms with Gasteiger partial charge in [-0.3, -0.25) is 0 Å². The number of aliphatic hydroxyl groups excluding tert-OH is 1. The topological polar surface area (TPSA) is 60.9 Å². The first-order valence-corrected chi connectivity index (χ1v) is 7.25. The van der Waals surface area contributed by atoms with Gasteiger partial charge in [0, 0.05) is 26.2 Å². The van der Waals surface area contributed by atoms with Gasteiger partial charge in [-0.05, 0) is 18.8 Å². The second kappa shape index (κ2) is 6.36. The summed E-state index contributed by atoms with van der Waals surface area (Å²) in [6.45, 7) is 3.33. The molecule has 0 spiro atoms. The Balaban J connectivity index is 2.68. The number of hydrogen-bond acceptors (Lipinski definition) is 3. The van der Waals surface area contributed by atoms with Gasteiger partial charge in [0.05, 0.1) is 6.54 Å². The van der Waals surface area contributed by atoms with Gasteiger partial charge in [-0.25, -0.2) is 0 Å². The normalized spacial score (nSPS) is 19.4. The molecular weight excluding hydrogens is 240 g/mol. The number of hydrogen-bond donors (Lipinski definition) is 1. The van der Waals surface area contributed by atoms with Crippen molar-refractivity contribution in [1.29, 1.82) is 0 Å². The van der Waals surface area contributed by atoms with E-state index in [0.717, 1.165) is 0 Å². The summed E-state index contributed by atoms with van der Waals surface area (Å²) >= 11 is 0. The van der Waals surface area contributed by atoms with Crippen molar-refractivity contribution in [2.75, 3.05) is 32.8 Å². The second-order valence-corrected chi connectivity index (χ2v) is 6.09. The maximum Gasteiger partial charge on any atom is 0.282 e. The van der Waals surface area contributed by atoms with Crippen LogP contribution in [0.15, 0.2) is 0 Å². The molecule has 17 heavy (non-hydrogen) atoms. The molecule has 0 aliphatic carbocycles. The van der Waals surface area contributed by atoms with Crippen molar-refractivity contribution in [3.8, 4) is 12.3 Å². The predicted octanol–water partition coefficient (Wildman–Crippen LogP) is -0.109. The van der Waals surface area contributed by atoms with Crippen molar-refractivity contribution in [3.63, 3.8) is 0 Å². The fraction of sp³-hybridized carbons (Fsp3) is 0.818. The van der Waals surface area contributed by atoms with Crippen molar-refractivity contribution < 1.29 is 13.5 Å². The average Bonchev–Trinajstić information content (AvgIpc) is 2.35. The monoisotopic (exact) mass is 260 g/mol. The first-order chi connectivity index (χ1) is 8.06. The van der Waals surface area contributed by atoms with Gasteiger partial charge >= 0.3 is 0 Å². The quantitative estimate of drug-likeness (QED) is 0.702. The second-order valence-electron chi connectivity index (χ2n) is 4.16. The van der Waals surface area contributed by atoms with Gasteiger partial charge in [-0.15, -0.1) is 6.42 Å². The van der Waals surface area contributed by atoms with Crippen LogP contribution in [0.4, 0.5) is 0 Å². The lowest BCUT2D eigenvalue weighted by atomic mass is 10.00. The molecule has 6 heteroatoms. The van der Waals surface area contributed by atoms with Gasteiger partial charge in [0.25, 0.3) is 10.2 Å². The number of rotatable bonds is 5. The van der Waals surface area contributed by atoms with Crippen LogP contribution in [0.5, 0.6) is 0 Å². The Bertz CT molecular complexity index is 367. The van der Waals surface area contributed by atoms with Crippen molar-refractivity contribution >= 4 is 10.2 Å². The summed E-state index contributed by atoms with van der Waals surface area (Å²) in [5, 5.41) is 9.01. The van der Waals surface area contributed by atoms with Gasteiger partial charge in [-0.1, -0.05) is 12.8 Å². The summed E-state index contributed by atoms with van der Waals surface area (Å²) < 4.78 is 27.1. The third-order valence-corrected chi connectivity index (χ3v) is 5.16. The summed E-state index contributed by atoms with van der Waals surface area (Å²) in [5.74, 6) is 2.59. The van der Waals surface area contributed by atoms with E-state index >= 15 is 0 Å². The average molecular weight is 260 g/mol. The maximum absolute atomic E-state index is 12.2. The van der Waals surface area contributed by atoms with Crippen LogP contribution in [-0.2, 0) is 10.2 Å². The molecule has 1 aliphatic rings. The van der Waals surface area contributed by atoms with Crippen molar-refractivity contribution in [3.05, 3.63) is 0 Å². The minimum Gasteiger partial charge on any atom is -0.396 e. The zero-order chi connectivity index (χ0) is 12.9. The van der Waals surface area contributed by atoms with E-state index in [1.807, 2.05) is 0 Å². The first-order valence-electron chi connectivity index (χ1n) is 5.85. The SMILES string of the molecule is C#CCN(CC)S(=O)(=O)N1CCC(CO)CC1. The molecule has 98 valence electrons. The number of aliphatic hydroxyl groups is 1. The minimum atomic E-state index is -3.43. The molecule has 0 saturated carbocycles. The number of piperidine rings is 1. The summed E-state index contributed by atoms with van der Waals surface area (Å²) in [5.41, 5.74) is 0. The van der Waals surface area contributed by atoms with Gasteiger partial charge in [0.15, 0.2) is 0 Å². The summed E-state index contributed by atoms with van der Waals surface area (Å²) in [6, 6.07) is 0. The van der Waals surface area contributed by atoms with E-state index in [0.29, 0.717) is 32.5 Å². The molecule has 0 atom stereocenters. The fourth-order valence-corrected chi connectivity index (χ4v) is 3.51. The highest BCUT2D eigenvalue weighted by atomic mass is 32.2. The molecule has 1 N–H and O–H groups in total. The van der Waals surface area contributed by atoms with Crippen LogP contribution >= 0.6 is 0 Å². The molecule has 1 fully saturated rings. The number of terminal acetylenes is 1. The molecule has 1 rings (SSSR count). The Morgan fingerprint density at radius 2 is 2.06 bits per heavy atom. The summed E-state index contributed by atoms with van der Waals surface area (Å²) in [6.07, 6.45) is 6.59. The summed E-state index contributed by atoms with van der Waals surface area (Å²) in [7, 11) is -3.43. The highest BCUT2D eigenvalue weighted by Crippen LogP contribution is 2.20. The lowest BCUT2D eigenvalue weighted by Crippen LogP contribution is -2.47. The smallest absolute Gasteiger partial charge is 0.282 e. The largest absolute Gasteiger partial charge is 0.396 e. The Hall–Kier alpha value is -0.610. The molecule has 0 aromatic carbocycles. The molecule has 0 unspecified atom stereocenters. The van der Waals surface area contributed by atoms with Crippen LogP contribution in [0, 0.1) is 18.3 Å². The van der Waals surface area contributed by atoms with Crippen molar-refractivity contribution in [1.82, 2.24) is 8.61 Å². The van der Waals surface area contributed by atoms with Gasteiger partial charge in [0.2, 0.25) is 0 Å². The Kier molecular flexibility index (Phi) is 5.40. The Morgan fingerprint density at radius 3 is 2.47 bits per heavy atom. The molecule has 1 aliphatic heterocycles. The molecule has 1 saturated heterocycles. The lowest BCUT2D eigenvalue weighted by Gasteiger charge is -2.33. The molecule has 0 aromatic heterocycles. The zero-order valence-electron chi connectivity index (χ0n) is 10.2. The standard InChI is InChI=1S/C11H20N2O3S/c1-3-7-12(4-2)17(15,16)13-8-5-11(10-14)6-9-13/h1,11,14H,4-10H2,2H3. The Labute approximate surface area is 104 Å². The molecule has 0 radical (unpaired) electrons. The van der Waals surface area contributed by atoms with Crippen LogP contribution < -0.4 is 0 Å². The van der Waals surface area contributed by atoms with Gasteiger partial charge < -0.3 is 5.11 Å². The van der Waals surface area contributed by atoms with E-state index < -0.39 is 10.2 Å². The van der Waals surface area contributed by atoms with E-state index in [9.17, 15) is 8.42 Å². The molecule has 0 bridgehead atoms. The zero-order valence-corrected chi connectivity index (χ0v) is 11.0. The van der Waals surface area contributed by atoms with Crippen LogP contribution in [-0.4, -0.2) is 54.9 Å². The molecular formula is C11H20N2O3S. The van der Waals surface area contributed by atoms with E-state index in [4.69, 9.17) is 11.5 Å². The third-order valence-electron chi connectivity index (χ3n) is 3.10. The molecule has 0 amide bonds. The minimum absolute atomic E-state index is 0.110. The van der Waals surface area contributed by atoms with E-state index in [1.165, 1.54) is 8.61 Å². The van der Waals surface area contributed by atoms with Crippen molar-refractivity contribution in [2.24, 2.45) is 5.92 Å². The highest BCUT2D eigenvalue weighted by molar-refractivity contribution is 7.86. The van der Waals surface area contributed by atoms with Crippen molar-refractivity contribution in [2.45, 2.75) is 19.8 Å². The fourth-order valence-electron chi connectivity index (χ4n) is 1.94. The van der Waals surface area contributed by atoms with Crippen LogP contribution in [0.25, 0.3) is 0 Å². The lowest BCUT2D eigenvalue weighted by molar-refractivity contribution is 0.166. The first kappa shape index (κ1) is 14.5. The van der Waals surface area contributed by atoms with E-state index in [-0.39, 0.29) is 19.1 Å². The predicted molar refractivity (Wildman–Crippen MR) is 66.4 cm³/mol. The molecule has 0 aromatic rings. The number of nitrogens with zero attached hydrogens (tertiary/aromatic N) is 2. The molecule has 1 heterocycles. The molecule has 5 nitrogen and oxygen atoms in total. The van der Waals surface area contributed by atoms with Gasteiger partial charge in [0.1, 0.15) is 0 Å². The van der Waals surface area contributed by atoms with Crippen LogP contribution in [0.2, 0.25) is 0 Å². The third kappa shape index (κ3) is 3.42.